The lowest BCUT2D eigenvalue weighted by Crippen LogP contribution is -2.14. The molecular weight excluding hydrogens is 356 g/mol. The number of fused-ring (bicyclic) bond motifs is 1. The summed E-state index contributed by atoms with van der Waals surface area (Å²) in [6.07, 6.45) is 0. The minimum absolute atomic E-state index is 0.00124. The number of carbonyl (C=O) groups is 1. The van der Waals surface area contributed by atoms with E-state index in [9.17, 15) is 13.2 Å². The van der Waals surface area contributed by atoms with Crippen LogP contribution in [0, 0.1) is 0 Å². The first-order valence-electron chi connectivity index (χ1n) is 7.72. The van der Waals surface area contributed by atoms with Gasteiger partial charge in [0.15, 0.2) is 0 Å². The molecule has 0 spiro atoms. The SMILES string of the molecule is NS(=O)(=O)c1ccc(OCCOC(=O)c2ccc3ccccc3n2)cc1. The molecule has 0 aliphatic heterocycles. The molecular formula is C18H16N2O5S. The van der Waals surface area contributed by atoms with Gasteiger partial charge in [-0.05, 0) is 36.4 Å². The first-order valence-corrected chi connectivity index (χ1v) is 9.27. The van der Waals surface area contributed by atoms with Crippen LogP contribution >= 0.6 is 0 Å². The number of carbonyl (C=O) groups excluding carboxylic acids is 1. The standard InChI is InChI=1S/C18H16N2O5S/c19-26(22,23)15-8-6-14(7-9-15)24-11-12-25-18(21)17-10-5-13-3-1-2-4-16(13)20-17/h1-10H,11-12H2,(H2,19,22,23). The second-order valence-corrected chi connectivity index (χ2v) is 6.95. The van der Waals surface area contributed by atoms with Crippen LogP contribution in [0.25, 0.3) is 10.9 Å². The number of benzene rings is 2. The van der Waals surface area contributed by atoms with Crippen LogP contribution < -0.4 is 9.88 Å². The molecule has 2 N–H and O–H groups in total. The number of hydrogen-bond acceptors (Lipinski definition) is 6. The van der Waals surface area contributed by atoms with Crippen LogP contribution in [0.4, 0.5) is 0 Å². The van der Waals surface area contributed by atoms with Crippen LogP contribution in [0.2, 0.25) is 0 Å². The number of hydrogen-bond donors (Lipinski definition) is 1. The molecule has 0 unspecified atom stereocenters. The van der Waals surface area contributed by atoms with Crippen LogP contribution in [0.15, 0.2) is 65.6 Å². The largest absolute Gasteiger partial charge is 0.490 e. The van der Waals surface area contributed by atoms with Gasteiger partial charge in [0.05, 0.1) is 10.4 Å². The summed E-state index contributed by atoms with van der Waals surface area (Å²) >= 11 is 0. The Balaban J connectivity index is 1.52. The fourth-order valence-electron chi connectivity index (χ4n) is 2.27. The number of nitrogens with two attached hydrogens (primary N) is 1. The molecule has 0 fully saturated rings. The van der Waals surface area contributed by atoms with Crippen molar-refractivity contribution in [2.75, 3.05) is 13.2 Å². The molecule has 1 aromatic heterocycles. The molecule has 0 bridgehead atoms. The molecule has 8 heteroatoms. The van der Waals surface area contributed by atoms with Gasteiger partial charge in [0.1, 0.15) is 24.7 Å². The van der Waals surface area contributed by atoms with E-state index in [-0.39, 0.29) is 23.8 Å². The molecule has 1 heterocycles. The number of para-hydroxylation sites is 1. The third-order valence-corrected chi connectivity index (χ3v) is 4.47. The Morgan fingerprint density at radius 2 is 1.69 bits per heavy atom. The van der Waals surface area contributed by atoms with Crippen molar-refractivity contribution in [2.45, 2.75) is 4.90 Å². The Morgan fingerprint density at radius 1 is 0.962 bits per heavy atom. The number of aromatic nitrogens is 1. The molecule has 0 aliphatic rings. The monoisotopic (exact) mass is 372 g/mol. The third-order valence-electron chi connectivity index (χ3n) is 3.55. The maximum Gasteiger partial charge on any atom is 0.357 e. The highest BCUT2D eigenvalue weighted by atomic mass is 32.2. The van der Waals surface area contributed by atoms with Gasteiger partial charge >= 0.3 is 5.97 Å². The number of pyridine rings is 1. The lowest BCUT2D eigenvalue weighted by atomic mass is 10.2. The zero-order valence-corrected chi connectivity index (χ0v) is 14.5. The first kappa shape index (κ1) is 17.8. The van der Waals surface area contributed by atoms with Gasteiger partial charge in [-0.2, -0.15) is 0 Å². The van der Waals surface area contributed by atoms with E-state index in [0.717, 1.165) is 5.39 Å². The number of nitrogens with zero attached hydrogens (tertiary/aromatic N) is 1. The molecule has 0 atom stereocenters. The van der Waals surface area contributed by atoms with Gasteiger partial charge < -0.3 is 9.47 Å². The van der Waals surface area contributed by atoms with E-state index >= 15 is 0 Å². The Hall–Kier alpha value is -2.97. The molecule has 0 amide bonds. The van der Waals surface area contributed by atoms with Crippen molar-refractivity contribution in [3.05, 3.63) is 66.4 Å². The predicted molar refractivity (Wildman–Crippen MR) is 95.3 cm³/mol. The van der Waals surface area contributed by atoms with Crippen molar-refractivity contribution < 1.29 is 22.7 Å². The lowest BCUT2D eigenvalue weighted by Gasteiger charge is -2.08. The van der Waals surface area contributed by atoms with Gasteiger partial charge in [-0.3, -0.25) is 0 Å². The van der Waals surface area contributed by atoms with Crippen molar-refractivity contribution in [1.82, 2.24) is 4.98 Å². The average molecular weight is 372 g/mol. The highest BCUT2D eigenvalue weighted by Gasteiger charge is 2.10. The summed E-state index contributed by atoms with van der Waals surface area (Å²) in [5.74, 6) is -0.0961. The first-order chi connectivity index (χ1) is 12.4. The average Bonchev–Trinajstić information content (AvgIpc) is 2.64. The zero-order chi connectivity index (χ0) is 18.6. The maximum absolute atomic E-state index is 12.0. The Kier molecular flexibility index (Phi) is 5.15. The predicted octanol–water partition coefficient (Wildman–Crippen LogP) is 2.12. The third kappa shape index (κ3) is 4.35. The van der Waals surface area contributed by atoms with Crippen LogP contribution in [0.1, 0.15) is 10.5 Å². The van der Waals surface area contributed by atoms with Crippen LogP contribution in [-0.4, -0.2) is 32.6 Å². The Morgan fingerprint density at radius 3 is 2.42 bits per heavy atom. The van der Waals surface area contributed by atoms with Gasteiger partial charge in [-0.15, -0.1) is 0 Å². The molecule has 0 aliphatic carbocycles. The number of rotatable bonds is 6. The lowest BCUT2D eigenvalue weighted by molar-refractivity contribution is 0.0444. The normalized spacial score (nSPS) is 11.3. The molecule has 3 aromatic rings. The topological polar surface area (TPSA) is 109 Å². The van der Waals surface area contributed by atoms with Crippen LogP contribution in [0.3, 0.4) is 0 Å². The molecule has 7 nitrogen and oxygen atoms in total. The summed E-state index contributed by atoms with van der Waals surface area (Å²) in [5.41, 5.74) is 0.939. The van der Waals surface area contributed by atoms with Gasteiger partial charge in [0, 0.05) is 5.39 Å². The summed E-state index contributed by atoms with van der Waals surface area (Å²) < 4.78 is 32.9. The summed E-state index contributed by atoms with van der Waals surface area (Å²) in [4.78, 5) is 16.3. The fourth-order valence-corrected chi connectivity index (χ4v) is 2.79. The number of sulfonamides is 1. The highest BCUT2D eigenvalue weighted by molar-refractivity contribution is 7.89. The molecule has 0 radical (unpaired) electrons. The van der Waals surface area contributed by atoms with Gasteiger partial charge in [-0.1, -0.05) is 24.3 Å². The minimum atomic E-state index is -3.73. The zero-order valence-electron chi connectivity index (χ0n) is 13.7. The van der Waals surface area contributed by atoms with E-state index in [1.165, 1.54) is 24.3 Å². The molecule has 0 saturated heterocycles. The fraction of sp³-hybridized carbons (Fsp3) is 0.111. The van der Waals surface area contributed by atoms with E-state index in [1.807, 2.05) is 30.3 Å². The maximum atomic E-state index is 12.0. The molecule has 26 heavy (non-hydrogen) atoms. The summed E-state index contributed by atoms with van der Waals surface area (Å²) in [6.45, 7) is 0.151. The van der Waals surface area contributed by atoms with E-state index in [4.69, 9.17) is 14.6 Å². The summed E-state index contributed by atoms with van der Waals surface area (Å²) in [5, 5.41) is 5.96. The van der Waals surface area contributed by atoms with Gasteiger partial charge in [0.25, 0.3) is 0 Å². The minimum Gasteiger partial charge on any atom is -0.490 e. The van der Waals surface area contributed by atoms with Crippen molar-refractivity contribution >= 4 is 26.9 Å². The van der Waals surface area contributed by atoms with E-state index in [2.05, 4.69) is 4.98 Å². The van der Waals surface area contributed by atoms with E-state index in [0.29, 0.717) is 11.3 Å². The van der Waals surface area contributed by atoms with Crippen molar-refractivity contribution in [3.63, 3.8) is 0 Å². The Labute approximate surface area is 150 Å². The Bertz CT molecular complexity index is 1030. The number of ether oxygens (including phenoxy) is 2. The van der Waals surface area contributed by atoms with Gasteiger partial charge in [-0.25, -0.2) is 23.3 Å². The van der Waals surface area contributed by atoms with Gasteiger partial charge in [0.2, 0.25) is 10.0 Å². The van der Waals surface area contributed by atoms with Crippen LogP contribution in [-0.2, 0) is 14.8 Å². The number of primary sulfonamides is 1. The van der Waals surface area contributed by atoms with Crippen molar-refractivity contribution in [3.8, 4) is 5.75 Å². The second-order valence-electron chi connectivity index (χ2n) is 5.39. The molecule has 3 rings (SSSR count). The molecule has 0 saturated carbocycles. The van der Waals surface area contributed by atoms with Crippen molar-refractivity contribution in [2.24, 2.45) is 5.14 Å². The molecule has 134 valence electrons. The summed E-state index contributed by atoms with van der Waals surface area (Å²) in [7, 11) is -3.73. The summed E-state index contributed by atoms with van der Waals surface area (Å²) in [6, 6.07) is 16.5. The van der Waals surface area contributed by atoms with Crippen LogP contribution in [0.5, 0.6) is 5.75 Å². The van der Waals surface area contributed by atoms with Crippen molar-refractivity contribution in [1.29, 1.82) is 0 Å². The van der Waals surface area contributed by atoms with E-state index < -0.39 is 16.0 Å². The number of esters is 1. The molecule has 2 aromatic carbocycles. The second kappa shape index (κ2) is 7.51. The van der Waals surface area contributed by atoms with E-state index in [1.54, 1.807) is 6.07 Å². The highest BCUT2D eigenvalue weighted by Crippen LogP contribution is 2.15. The quantitative estimate of drug-likeness (QED) is 0.524. The smallest absolute Gasteiger partial charge is 0.357 e.